The standard InChI is InChI=1S/C30H33ClN8O3S/c1-16-10-21(17(2)33-23-7-8-24(31)34-27(23)28(40)36-43-5)26-22(11-16)29(41)37(3)30(35-26)39-15-19-12-20(39)14-38(19)18-6-9-25(42-4)32-13-18/h6-11,13,17,19-20,33H,12,14-15H2,1-5H3,(H,36,40). The van der Waals surface area contributed by atoms with E-state index >= 15 is 0 Å². The molecular weight excluding hydrogens is 588 g/mol. The minimum absolute atomic E-state index is 0.0932. The van der Waals surface area contributed by atoms with Crippen LogP contribution in [0.1, 0.15) is 41.0 Å². The number of hydrogen-bond donors (Lipinski definition) is 2. The molecule has 2 aliphatic rings. The Bertz CT molecular complexity index is 1770. The van der Waals surface area contributed by atoms with Gasteiger partial charge < -0.3 is 19.9 Å². The van der Waals surface area contributed by atoms with E-state index in [0.717, 1.165) is 36.3 Å². The van der Waals surface area contributed by atoms with E-state index in [1.54, 1.807) is 37.1 Å². The molecule has 5 heterocycles. The first-order valence-corrected chi connectivity index (χ1v) is 15.6. The second-order valence-electron chi connectivity index (χ2n) is 11.0. The SMILES string of the molecule is COc1ccc(N2CC3CC2CN3c2nc3c(C(C)Nc4ccc(Cl)nc4C(=O)NSC)cc(C)cc3c(=O)n2C)cn1. The molecule has 3 atom stereocenters. The van der Waals surface area contributed by atoms with Crippen molar-refractivity contribution in [3.05, 3.63) is 74.9 Å². The van der Waals surface area contributed by atoms with E-state index in [4.69, 9.17) is 21.3 Å². The molecule has 13 heteroatoms. The number of carbonyl (C=O) groups is 1. The molecule has 3 aromatic heterocycles. The van der Waals surface area contributed by atoms with Gasteiger partial charge in [0.15, 0.2) is 5.69 Å². The van der Waals surface area contributed by atoms with Crippen LogP contribution in [0.4, 0.5) is 17.3 Å². The van der Waals surface area contributed by atoms with Crippen LogP contribution in [0.5, 0.6) is 5.88 Å². The summed E-state index contributed by atoms with van der Waals surface area (Å²) in [6.07, 6.45) is 4.59. The van der Waals surface area contributed by atoms with Gasteiger partial charge in [0, 0.05) is 44.1 Å². The Balaban J connectivity index is 1.33. The Kier molecular flexibility index (Phi) is 7.82. The molecule has 2 saturated heterocycles. The number of anilines is 3. The Morgan fingerprint density at radius 2 is 1.91 bits per heavy atom. The number of nitrogens with one attached hydrogen (secondary N) is 2. The van der Waals surface area contributed by atoms with Gasteiger partial charge in [-0.25, -0.2) is 15.0 Å². The van der Waals surface area contributed by atoms with E-state index in [1.165, 1.54) is 11.9 Å². The van der Waals surface area contributed by atoms with E-state index < -0.39 is 0 Å². The van der Waals surface area contributed by atoms with Gasteiger partial charge in [-0.3, -0.25) is 18.9 Å². The predicted molar refractivity (Wildman–Crippen MR) is 172 cm³/mol. The fourth-order valence-electron chi connectivity index (χ4n) is 6.20. The molecule has 2 fully saturated rings. The highest BCUT2D eigenvalue weighted by Gasteiger charge is 2.45. The van der Waals surface area contributed by atoms with Crippen LogP contribution in [0.2, 0.25) is 5.15 Å². The van der Waals surface area contributed by atoms with Crippen molar-refractivity contribution in [3.63, 3.8) is 0 Å². The van der Waals surface area contributed by atoms with Crippen molar-refractivity contribution in [2.75, 3.05) is 41.6 Å². The van der Waals surface area contributed by atoms with Gasteiger partial charge in [0.1, 0.15) is 5.15 Å². The summed E-state index contributed by atoms with van der Waals surface area (Å²) >= 11 is 7.31. The first-order valence-electron chi connectivity index (χ1n) is 14.0. The number of fused-ring (bicyclic) bond motifs is 3. The number of hydrogen-bond acceptors (Lipinski definition) is 10. The molecule has 43 heavy (non-hydrogen) atoms. The van der Waals surface area contributed by atoms with Crippen LogP contribution >= 0.6 is 23.5 Å². The number of methoxy groups -OCH3 is 1. The second-order valence-corrected chi connectivity index (χ2v) is 12.0. The maximum absolute atomic E-state index is 13.8. The van der Waals surface area contributed by atoms with Crippen molar-refractivity contribution in [1.82, 2.24) is 24.2 Å². The number of aryl methyl sites for hydroxylation is 1. The van der Waals surface area contributed by atoms with Crippen LogP contribution < -0.4 is 30.1 Å². The monoisotopic (exact) mass is 620 g/mol. The summed E-state index contributed by atoms with van der Waals surface area (Å²) < 4.78 is 9.59. The Morgan fingerprint density at radius 3 is 2.58 bits per heavy atom. The van der Waals surface area contributed by atoms with Crippen LogP contribution in [-0.4, -0.2) is 64.0 Å². The van der Waals surface area contributed by atoms with E-state index in [9.17, 15) is 9.59 Å². The summed E-state index contributed by atoms with van der Waals surface area (Å²) in [6.45, 7) is 5.51. The zero-order chi connectivity index (χ0) is 30.4. The van der Waals surface area contributed by atoms with Crippen molar-refractivity contribution in [1.29, 1.82) is 0 Å². The zero-order valence-corrected chi connectivity index (χ0v) is 26.2. The molecular formula is C30H33ClN8O3S. The van der Waals surface area contributed by atoms with Gasteiger partial charge >= 0.3 is 0 Å². The lowest BCUT2D eigenvalue weighted by Gasteiger charge is -2.36. The van der Waals surface area contributed by atoms with Gasteiger partial charge in [0.2, 0.25) is 11.8 Å². The van der Waals surface area contributed by atoms with Gasteiger partial charge in [0.25, 0.3) is 11.5 Å². The fourth-order valence-corrected chi connectivity index (χ4v) is 6.63. The number of ether oxygens (including phenoxy) is 1. The highest BCUT2D eigenvalue weighted by Crippen LogP contribution is 2.37. The summed E-state index contributed by atoms with van der Waals surface area (Å²) in [6, 6.07) is 11.4. The highest BCUT2D eigenvalue weighted by atomic mass is 35.5. The van der Waals surface area contributed by atoms with Gasteiger partial charge in [-0.2, -0.15) is 0 Å². The molecule has 6 rings (SSSR count). The van der Waals surface area contributed by atoms with Crippen molar-refractivity contribution in [2.24, 2.45) is 7.05 Å². The van der Waals surface area contributed by atoms with Crippen LogP contribution in [0, 0.1) is 6.92 Å². The smallest absolute Gasteiger partial charge is 0.281 e. The number of halogens is 1. The Morgan fingerprint density at radius 1 is 1.14 bits per heavy atom. The molecule has 2 aliphatic heterocycles. The topological polar surface area (TPSA) is 118 Å². The summed E-state index contributed by atoms with van der Waals surface area (Å²) in [5.41, 5.74) is 4.14. The number of nitrogens with zero attached hydrogens (tertiary/aromatic N) is 6. The molecule has 2 N–H and O–H groups in total. The number of pyridine rings is 2. The number of piperazine rings is 1. The molecule has 224 valence electrons. The second kappa shape index (κ2) is 11.6. The van der Waals surface area contributed by atoms with E-state index in [1.807, 2.05) is 44.3 Å². The lowest BCUT2D eigenvalue weighted by atomic mass is 10.0. The average Bonchev–Trinajstić information content (AvgIpc) is 3.61. The summed E-state index contributed by atoms with van der Waals surface area (Å²) in [5, 5.41) is 4.20. The van der Waals surface area contributed by atoms with Gasteiger partial charge in [0.05, 0.1) is 47.7 Å². The van der Waals surface area contributed by atoms with E-state index in [2.05, 4.69) is 29.8 Å². The molecule has 3 unspecified atom stereocenters. The number of benzene rings is 1. The highest BCUT2D eigenvalue weighted by molar-refractivity contribution is 7.97. The molecule has 0 radical (unpaired) electrons. The zero-order valence-electron chi connectivity index (χ0n) is 24.6. The van der Waals surface area contributed by atoms with Crippen LogP contribution in [0.15, 0.2) is 47.4 Å². The van der Waals surface area contributed by atoms with Crippen LogP contribution in [-0.2, 0) is 7.05 Å². The average molecular weight is 621 g/mol. The Labute approximate surface area is 258 Å². The third-order valence-electron chi connectivity index (χ3n) is 8.20. The maximum atomic E-state index is 13.8. The minimum atomic E-state index is -0.350. The molecule has 0 spiro atoms. The van der Waals surface area contributed by atoms with Crippen molar-refractivity contribution in [2.45, 2.75) is 38.4 Å². The molecule has 0 aliphatic carbocycles. The first-order chi connectivity index (χ1) is 20.7. The van der Waals surface area contributed by atoms with Gasteiger partial charge in [-0.15, -0.1) is 0 Å². The summed E-state index contributed by atoms with van der Waals surface area (Å²) in [4.78, 5) is 44.9. The summed E-state index contributed by atoms with van der Waals surface area (Å²) in [5.74, 6) is 0.895. The normalized spacial score (nSPS) is 18.3. The van der Waals surface area contributed by atoms with Crippen molar-refractivity contribution in [3.8, 4) is 5.88 Å². The molecule has 11 nitrogen and oxygen atoms in total. The molecule has 2 bridgehead atoms. The molecule has 0 saturated carbocycles. The minimum Gasteiger partial charge on any atom is -0.481 e. The van der Waals surface area contributed by atoms with Crippen LogP contribution in [0.25, 0.3) is 10.9 Å². The third kappa shape index (κ3) is 5.33. The number of carbonyl (C=O) groups excluding carboxylic acids is 1. The summed E-state index contributed by atoms with van der Waals surface area (Å²) in [7, 11) is 3.40. The quantitative estimate of drug-likeness (QED) is 0.218. The van der Waals surface area contributed by atoms with Gasteiger partial charge in [-0.1, -0.05) is 29.6 Å². The molecule has 1 aromatic carbocycles. The van der Waals surface area contributed by atoms with Crippen molar-refractivity contribution >= 4 is 57.7 Å². The number of amides is 1. The predicted octanol–water partition coefficient (Wildman–Crippen LogP) is 4.34. The Hall–Kier alpha value is -4.03. The molecule has 1 amide bonds. The molecule has 4 aromatic rings. The van der Waals surface area contributed by atoms with E-state index in [0.29, 0.717) is 28.4 Å². The van der Waals surface area contributed by atoms with Gasteiger partial charge in [-0.05, 0) is 50.1 Å². The first kappa shape index (κ1) is 29.1. The maximum Gasteiger partial charge on any atom is 0.281 e. The lowest BCUT2D eigenvalue weighted by molar-refractivity contribution is 0.0980. The number of rotatable bonds is 8. The fraction of sp³-hybridized carbons (Fsp3) is 0.367. The van der Waals surface area contributed by atoms with Crippen molar-refractivity contribution < 1.29 is 9.53 Å². The largest absolute Gasteiger partial charge is 0.481 e. The number of aromatic nitrogens is 4. The third-order valence-corrected chi connectivity index (χ3v) is 8.80. The van der Waals surface area contributed by atoms with E-state index in [-0.39, 0.29) is 40.4 Å². The van der Waals surface area contributed by atoms with Crippen LogP contribution in [0.3, 0.4) is 0 Å². The lowest BCUT2D eigenvalue weighted by Crippen LogP contribution is -2.48.